The molecule has 1 unspecified atom stereocenters. The summed E-state index contributed by atoms with van der Waals surface area (Å²) in [7, 11) is -3.45. The lowest BCUT2D eigenvalue weighted by atomic mass is 10.3. The van der Waals surface area contributed by atoms with Crippen LogP contribution in [0.3, 0.4) is 0 Å². The summed E-state index contributed by atoms with van der Waals surface area (Å²) >= 11 is 3.37. The van der Waals surface area contributed by atoms with Gasteiger partial charge in [-0.3, -0.25) is 0 Å². The van der Waals surface area contributed by atoms with Crippen molar-refractivity contribution in [2.24, 2.45) is 0 Å². The van der Waals surface area contributed by atoms with Gasteiger partial charge in [0, 0.05) is 17.8 Å². The van der Waals surface area contributed by atoms with Crippen LogP contribution in [0.15, 0.2) is 11.2 Å². The van der Waals surface area contributed by atoms with Gasteiger partial charge in [0.1, 0.15) is 5.82 Å². The minimum atomic E-state index is -3.45. The van der Waals surface area contributed by atoms with Gasteiger partial charge in [-0.1, -0.05) is 29.8 Å². The molecule has 0 radical (unpaired) electrons. The van der Waals surface area contributed by atoms with Crippen LogP contribution in [-0.4, -0.2) is 29.8 Å². The second-order valence-corrected chi connectivity index (χ2v) is 6.44. The molecule has 0 aliphatic carbocycles. The monoisotopic (exact) mass is 309 g/mol. The van der Waals surface area contributed by atoms with Gasteiger partial charge in [0.25, 0.3) is 10.0 Å². The maximum atomic E-state index is 11.8. The van der Waals surface area contributed by atoms with Gasteiger partial charge in [-0.05, 0) is 6.42 Å². The highest BCUT2D eigenvalue weighted by Gasteiger charge is 2.17. The van der Waals surface area contributed by atoms with Crippen molar-refractivity contribution in [3.8, 4) is 0 Å². The van der Waals surface area contributed by atoms with Crippen molar-refractivity contribution in [3.05, 3.63) is 12.0 Å². The van der Waals surface area contributed by atoms with Crippen LogP contribution >= 0.6 is 15.9 Å². The molecule has 2 N–H and O–H groups in total. The quantitative estimate of drug-likeness (QED) is 0.781. The molecular formula is C9H16BrN3O2S. The topological polar surface area (TPSA) is 74.8 Å². The number of nitrogens with one attached hydrogen (secondary N) is 2. The van der Waals surface area contributed by atoms with Gasteiger partial charge >= 0.3 is 0 Å². The average Bonchev–Trinajstić information content (AvgIpc) is 2.75. The molecule has 1 heterocycles. The van der Waals surface area contributed by atoms with Crippen molar-refractivity contribution in [1.82, 2.24) is 14.7 Å². The van der Waals surface area contributed by atoms with Crippen molar-refractivity contribution in [1.29, 1.82) is 0 Å². The minimum Gasteiger partial charge on any atom is -0.332 e. The Balaban J connectivity index is 2.70. The van der Waals surface area contributed by atoms with Crippen molar-refractivity contribution >= 4 is 26.0 Å². The molecule has 92 valence electrons. The Kier molecular flexibility index (Phi) is 4.94. The van der Waals surface area contributed by atoms with Gasteiger partial charge in [-0.15, -0.1) is 0 Å². The number of aromatic amines is 1. The summed E-state index contributed by atoms with van der Waals surface area (Å²) in [6, 6.07) is 0. The van der Waals surface area contributed by atoms with Crippen LogP contribution in [0.4, 0.5) is 0 Å². The zero-order valence-corrected chi connectivity index (χ0v) is 11.7. The Morgan fingerprint density at radius 3 is 2.75 bits per heavy atom. The summed E-state index contributed by atoms with van der Waals surface area (Å²) in [6.45, 7) is 4.27. The highest BCUT2D eigenvalue weighted by atomic mass is 79.9. The van der Waals surface area contributed by atoms with E-state index < -0.39 is 10.0 Å². The van der Waals surface area contributed by atoms with Crippen LogP contribution in [0.2, 0.25) is 0 Å². The number of hydrogen-bond acceptors (Lipinski definition) is 3. The number of imidazole rings is 1. The lowest BCUT2D eigenvalue weighted by molar-refractivity contribution is 0.576. The number of rotatable bonds is 6. The van der Waals surface area contributed by atoms with Crippen molar-refractivity contribution in [2.45, 2.75) is 36.5 Å². The normalized spacial score (nSPS) is 13.9. The fraction of sp³-hybridized carbons (Fsp3) is 0.667. The molecule has 16 heavy (non-hydrogen) atoms. The molecule has 0 fully saturated rings. The molecule has 0 bridgehead atoms. The van der Waals surface area contributed by atoms with Crippen molar-refractivity contribution in [2.75, 3.05) is 6.54 Å². The largest absolute Gasteiger partial charge is 0.332 e. The number of halogens is 1. The summed E-state index contributed by atoms with van der Waals surface area (Å²) in [5.41, 5.74) is 0. The van der Waals surface area contributed by atoms with Crippen LogP contribution < -0.4 is 4.72 Å². The van der Waals surface area contributed by atoms with E-state index in [4.69, 9.17) is 0 Å². The first kappa shape index (κ1) is 13.7. The molecule has 0 amide bonds. The minimum absolute atomic E-state index is 0.125. The highest BCUT2D eigenvalue weighted by Crippen LogP contribution is 2.08. The van der Waals surface area contributed by atoms with E-state index in [-0.39, 0.29) is 9.85 Å². The van der Waals surface area contributed by atoms with Crippen LogP contribution in [0, 0.1) is 0 Å². The summed E-state index contributed by atoms with van der Waals surface area (Å²) in [4.78, 5) is 6.88. The zero-order chi connectivity index (χ0) is 12.2. The predicted molar refractivity (Wildman–Crippen MR) is 66.2 cm³/mol. The van der Waals surface area contributed by atoms with E-state index in [0.29, 0.717) is 18.8 Å². The molecule has 1 aromatic rings. The standard InChI is InChI=1S/C9H16BrN3O2S/c1-3-7(10)5-12-16(14,15)9-6-11-8(4-2)13-9/h6-7,12H,3-5H2,1-2H3,(H,11,13). The first-order valence-corrected chi connectivity index (χ1v) is 7.57. The maximum Gasteiger partial charge on any atom is 0.257 e. The Hall–Kier alpha value is -0.400. The SMILES string of the molecule is CCc1ncc(S(=O)(=O)NCC(Br)CC)[nH]1. The Bertz CT molecular complexity index is 430. The van der Waals surface area contributed by atoms with Crippen molar-refractivity contribution in [3.63, 3.8) is 0 Å². The van der Waals surface area contributed by atoms with E-state index >= 15 is 0 Å². The lowest BCUT2D eigenvalue weighted by Crippen LogP contribution is -2.29. The van der Waals surface area contributed by atoms with E-state index in [1.807, 2.05) is 13.8 Å². The summed E-state index contributed by atoms with van der Waals surface area (Å²) < 4.78 is 26.1. The van der Waals surface area contributed by atoms with Crippen LogP contribution in [0.25, 0.3) is 0 Å². The number of alkyl halides is 1. The Morgan fingerprint density at radius 2 is 2.25 bits per heavy atom. The molecule has 1 aromatic heterocycles. The number of H-pyrrole nitrogens is 1. The smallest absolute Gasteiger partial charge is 0.257 e. The molecule has 1 rings (SSSR count). The molecule has 5 nitrogen and oxygen atoms in total. The predicted octanol–water partition coefficient (Wildman–Crippen LogP) is 1.42. The molecule has 0 aliphatic heterocycles. The Morgan fingerprint density at radius 1 is 1.56 bits per heavy atom. The summed E-state index contributed by atoms with van der Waals surface area (Å²) in [5, 5.41) is 0.125. The number of hydrogen-bond donors (Lipinski definition) is 2. The summed E-state index contributed by atoms with van der Waals surface area (Å²) in [6.07, 6.45) is 2.90. The molecule has 1 atom stereocenters. The van der Waals surface area contributed by atoms with Crippen LogP contribution in [-0.2, 0) is 16.4 Å². The van der Waals surface area contributed by atoms with Crippen LogP contribution in [0.5, 0.6) is 0 Å². The van der Waals surface area contributed by atoms with Gasteiger partial charge in [-0.2, -0.15) is 0 Å². The van der Waals surface area contributed by atoms with E-state index in [1.165, 1.54) is 6.20 Å². The second kappa shape index (κ2) is 5.79. The van der Waals surface area contributed by atoms with Gasteiger partial charge in [0.15, 0.2) is 5.03 Å². The fourth-order valence-corrected chi connectivity index (χ4v) is 2.48. The second-order valence-electron chi connectivity index (χ2n) is 3.41. The molecule has 0 saturated carbocycles. The number of aromatic nitrogens is 2. The molecule has 0 aliphatic rings. The number of aryl methyl sites for hydroxylation is 1. The van der Waals surface area contributed by atoms with E-state index in [1.54, 1.807) is 0 Å². The third-order valence-electron chi connectivity index (χ3n) is 2.17. The van der Waals surface area contributed by atoms with Gasteiger partial charge in [0.2, 0.25) is 0 Å². The highest BCUT2D eigenvalue weighted by molar-refractivity contribution is 9.09. The third-order valence-corrected chi connectivity index (χ3v) is 4.47. The summed E-state index contributed by atoms with van der Waals surface area (Å²) in [5.74, 6) is 0.672. The molecular weight excluding hydrogens is 294 g/mol. The zero-order valence-electron chi connectivity index (χ0n) is 9.33. The van der Waals surface area contributed by atoms with Gasteiger partial charge in [-0.25, -0.2) is 18.1 Å². The third kappa shape index (κ3) is 3.57. The lowest BCUT2D eigenvalue weighted by Gasteiger charge is -2.07. The van der Waals surface area contributed by atoms with Crippen molar-refractivity contribution < 1.29 is 8.42 Å². The molecule has 0 aromatic carbocycles. The maximum absolute atomic E-state index is 11.8. The Labute approximate surface area is 104 Å². The fourth-order valence-electron chi connectivity index (χ4n) is 1.08. The van der Waals surface area contributed by atoms with Gasteiger partial charge in [0.05, 0.1) is 6.20 Å². The molecule has 0 spiro atoms. The number of nitrogens with zero attached hydrogens (tertiary/aromatic N) is 1. The van der Waals surface area contributed by atoms with Crippen LogP contribution in [0.1, 0.15) is 26.1 Å². The number of sulfonamides is 1. The average molecular weight is 310 g/mol. The molecule has 0 saturated heterocycles. The van der Waals surface area contributed by atoms with E-state index in [2.05, 4.69) is 30.6 Å². The van der Waals surface area contributed by atoms with E-state index in [9.17, 15) is 8.42 Å². The van der Waals surface area contributed by atoms with E-state index in [0.717, 1.165) is 6.42 Å². The first-order chi connectivity index (χ1) is 7.49. The molecule has 7 heteroatoms. The first-order valence-electron chi connectivity index (χ1n) is 5.17. The van der Waals surface area contributed by atoms with Gasteiger partial charge < -0.3 is 4.98 Å².